The van der Waals surface area contributed by atoms with Gasteiger partial charge in [0.05, 0.1) is 11.9 Å². The molecule has 0 N–H and O–H groups in total. The van der Waals surface area contributed by atoms with Crippen molar-refractivity contribution >= 4 is 11.6 Å². The Bertz CT molecular complexity index is 516. The van der Waals surface area contributed by atoms with Gasteiger partial charge in [-0.2, -0.15) is 0 Å². The number of hydrogen-bond donors (Lipinski definition) is 0. The second kappa shape index (κ2) is 4.53. The van der Waals surface area contributed by atoms with Crippen LogP contribution < -0.4 is 0 Å². The predicted molar refractivity (Wildman–Crippen MR) is 59.6 cm³/mol. The lowest BCUT2D eigenvalue weighted by Gasteiger charge is -2.08. The minimum Gasteiger partial charge on any atom is -0.262 e. The number of nitrogens with zero attached hydrogens (tertiary/aromatic N) is 3. The van der Waals surface area contributed by atoms with Crippen molar-refractivity contribution in [1.82, 2.24) is 15.0 Å². The Balaban J connectivity index is 2.65. The first kappa shape index (κ1) is 11.0. The maximum absolute atomic E-state index is 13.6. The van der Waals surface area contributed by atoms with Crippen LogP contribution in [0.4, 0.5) is 4.39 Å². The molecule has 0 atom stereocenters. The monoisotopic (exact) mass is 237 g/mol. The normalized spacial score (nSPS) is 10.4. The highest BCUT2D eigenvalue weighted by Gasteiger charge is 2.13. The van der Waals surface area contributed by atoms with Gasteiger partial charge in [0.25, 0.3) is 0 Å². The summed E-state index contributed by atoms with van der Waals surface area (Å²) in [5, 5.41) is 0.365. The first-order chi connectivity index (χ1) is 7.74. The van der Waals surface area contributed by atoms with Crippen LogP contribution in [0, 0.1) is 5.82 Å². The standard InChI is InChI=1S/C11H9ClFN3/c1-2-7-10(15-6-16-11(7)12)8-3-4-14-5-9(8)13/h3-6H,2H2,1H3. The summed E-state index contributed by atoms with van der Waals surface area (Å²) >= 11 is 5.94. The minimum atomic E-state index is -0.410. The average Bonchev–Trinajstić information content (AvgIpc) is 2.29. The van der Waals surface area contributed by atoms with E-state index < -0.39 is 5.82 Å². The van der Waals surface area contributed by atoms with Crippen LogP contribution in [0.5, 0.6) is 0 Å². The lowest BCUT2D eigenvalue weighted by atomic mass is 10.1. The molecule has 0 bridgehead atoms. The molecule has 0 aliphatic rings. The SMILES string of the molecule is CCc1c(Cl)ncnc1-c1ccncc1F. The third kappa shape index (κ3) is 1.88. The summed E-state index contributed by atoms with van der Waals surface area (Å²) in [6.45, 7) is 1.92. The maximum Gasteiger partial charge on any atom is 0.150 e. The lowest BCUT2D eigenvalue weighted by Crippen LogP contribution is -1.97. The Hall–Kier alpha value is -1.55. The van der Waals surface area contributed by atoms with Gasteiger partial charge in [0.15, 0.2) is 5.82 Å². The Morgan fingerprint density at radius 1 is 1.38 bits per heavy atom. The molecule has 0 aliphatic heterocycles. The van der Waals surface area contributed by atoms with Gasteiger partial charge in [-0.25, -0.2) is 14.4 Å². The van der Waals surface area contributed by atoms with Crippen molar-refractivity contribution in [2.24, 2.45) is 0 Å². The Morgan fingerprint density at radius 2 is 2.19 bits per heavy atom. The fraction of sp³-hybridized carbons (Fsp3) is 0.182. The maximum atomic E-state index is 13.6. The number of aromatic nitrogens is 3. The molecule has 0 fully saturated rings. The van der Waals surface area contributed by atoms with Crippen LogP contribution in [0.1, 0.15) is 12.5 Å². The summed E-state index contributed by atoms with van der Waals surface area (Å²) < 4.78 is 13.6. The van der Waals surface area contributed by atoms with E-state index in [1.54, 1.807) is 6.07 Å². The molecule has 0 saturated carbocycles. The van der Waals surface area contributed by atoms with Crippen LogP contribution in [-0.2, 0) is 6.42 Å². The van der Waals surface area contributed by atoms with Crippen molar-refractivity contribution in [3.63, 3.8) is 0 Å². The number of rotatable bonds is 2. The topological polar surface area (TPSA) is 38.7 Å². The number of hydrogen-bond acceptors (Lipinski definition) is 3. The predicted octanol–water partition coefficient (Wildman–Crippen LogP) is 2.89. The van der Waals surface area contributed by atoms with Gasteiger partial charge in [0, 0.05) is 17.3 Å². The fourth-order valence-electron chi connectivity index (χ4n) is 1.50. The van der Waals surface area contributed by atoms with Crippen LogP contribution in [0.2, 0.25) is 5.15 Å². The van der Waals surface area contributed by atoms with Gasteiger partial charge in [-0.3, -0.25) is 4.98 Å². The van der Waals surface area contributed by atoms with Crippen molar-refractivity contribution in [3.05, 3.63) is 41.3 Å². The van der Waals surface area contributed by atoms with Crippen LogP contribution in [0.15, 0.2) is 24.8 Å². The van der Waals surface area contributed by atoms with Crippen LogP contribution in [0.25, 0.3) is 11.3 Å². The highest BCUT2D eigenvalue weighted by Crippen LogP contribution is 2.27. The van der Waals surface area contributed by atoms with E-state index in [1.165, 1.54) is 12.5 Å². The van der Waals surface area contributed by atoms with E-state index in [1.807, 2.05) is 6.92 Å². The van der Waals surface area contributed by atoms with E-state index in [0.29, 0.717) is 22.8 Å². The van der Waals surface area contributed by atoms with Crippen LogP contribution >= 0.6 is 11.6 Å². The largest absolute Gasteiger partial charge is 0.262 e. The first-order valence-electron chi connectivity index (χ1n) is 4.83. The zero-order chi connectivity index (χ0) is 11.5. The molecule has 0 radical (unpaired) electrons. The fourth-order valence-corrected chi connectivity index (χ4v) is 1.77. The van der Waals surface area contributed by atoms with Crippen molar-refractivity contribution in [3.8, 4) is 11.3 Å². The molecular weight excluding hydrogens is 229 g/mol. The molecule has 0 aliphatic carbocycles. The number of pyridine rings is 1. The molecule has 2 aromatic heterocycles. The molecule has 0 unspecified atom stereocenters. The third-order valence-corrected chi connectivity index (χ3v) is 2.60. The summed E-state index contributed by atoms with van der Waals surface area (Å²) in [5.41, 5.74) is 1.67. The molecule has 0 amide bonds. The van der Waals surface area contributed by atoms with E-state index >= 15 is 0 Å². The Labute approximate surface area is 97.3 Å². The first-order valence-corrected chi connectivity index (χ1v) is 5.21. The molecule has 2 rings (SSSR count). The van der Waals surface area contributed by atoms with Gasteiger partial charge in [-0.05, 0) is 12.5 Å². The van der Waals surface area contributed by atoms with Crippen LogP contribution in [-0.4, -0.2) is 15.0 Å². The third-order valence-electron chi connectivity index (χ3n) is 2.27. The van der Waals surface area contributed by atoms with Gasteiger partial charge in [-0.1, -0.05) is 18.5 Å². The smallest absolute Gasteiger partial charge is 0.150 e. The quantitative estimate of drug-likeness (QED) is 0.754. The second-order valence-corrected chi connectivity index (χ2v) is 3.56. The van der Waals surface area contributed by atoms with Crippen LogP contribution in [0.3, 0.4) is 0 Å². The van der Waals surface area contributed by atoms with Gasteiger partial charge in [-0.15, -0.1) is 0 Å². The van der Waals surface area contributed by atoms with E-state index in [2.05, 4.69) is 15.0 Å². The minimum absolute atomic E-state index is 0.365. The molecule has 5 heteroatoms. The molecule has 82 valence electrons. The number of halogens is 2. The summed E-state index contributed by atoms with van der Waals surface area (Å²) in [6, 6.07) is 1.58. The molecular formula is C11H9ClFN3. The molecule has 0 saturated heterocycles. The molecule has 0 spiro atoms. The van der Waals surface area contributed by atoms with E-state index in [-0.39, 0.29) is 0 Å². The molecule has 16 heavy (non-hydrogen) atoms. The molecule has 0 aromatic carbocycles. The molecule has 2 heterocycles. The second-order valence-electron chi connectivity index (χ2n) is 3.20. The Kier molecular flexibility index (Phi) is 3.10. The molecule has 2 aromatic rings. The van der Waals surface area contributed by atoms with Crippen molar-refractivity contribution in [2.75, 3.05) is 0 Å². The van der Waals surface area contributed by atoms with E-state index in [4.69, 9.17) is 11.6 Å². The van der Waals surface area contributed by atoms with Crippen molar-refractivity contribution < 1.29 is 4.39 Å². The highest BCUT2D eigenvalue weighted by molar-refractivity contribution is 6.30. The Morgan fingerprint density at radius 3 is 2.88 bits per heavy atom. The van der Waals surface area contributed by atoms with Crippen molar-refractivity contribution in [2.45, 2.75) is 13.3 Å². The molecule has 3 nitrogen and oxygen atoms in total. The summed E-state index contributed by atoms with van der Waals surface area (Å²) in [6.07, 6.45) is 4.66. The highest BCUT2D eigenvalue weighted by atomic mass is 35.5. The lowest BCUT2D eigenvalue weighted by molar-refractivity contribution is 0.624. The summed E-state index contributed by atoms with van der Waals surface area (Å²) in [5.74, 6) is -0.410. The van der Waals surface area contributed by atoms with Crippen molar-refractivity contribution in [1.29, 1.82) is 0 Å². The zero-order valence-electron chi connectivity index (χ0n) is 8.61. The summed E-state index contributed by atoms with van der Waals surface area (Å²) in [7, 11) is 0. The zero-order valence-corrected chi connectivity index (χ0v) is 9.37. The van der Waals surface area contributed by atoms with E-state index in [9.17, 15) is 4.39 Å². The van der Waals surface area contributed by atoms with Gasteiger partial charge in [0.1, 0.15) is 11.5 Å². The van der Waals surface area contributed by atoms with E-state index in [0.717, 1.165) is 11.8 Å². The van der Waals surface area contributed by atoms with Gasteiger partial charge in [0.2, 0.25) is 0 Å². The van der Waals surface area contributed by atoms with Gasteiger partial charge < -0.3 is 0 Å². The average molecular weight is 238 g/mol. The summed E-state index contributed by atoms with van der Waals surface area (Å²) in [4.78, 5) is 11.7. The van der Waals surface area contributed by atoms with Gasteiger partial charge >= 0.3 is 0 Å².